The summed E-state index contributed by atoms with van der Waals surface area (Å²) < 4.78 is 32.0. The molecule has 1 fully saturated rings. The highest BCUT2D eigenvalue weighted by molar-refractivity contribution is 7.89. The monoisotopic (exact) mass is 312 g/mol. The Morgan fingerprint density at radius 2 is 2.15 bits per heavy atom. The zero-order valence-corrected chi connectivity index (χ0v) is 12.1. The predicted octanol–water partition coefficient (Wildman–Crippen LogP) is 2.68. The molecule has 20 heavy (non-hydrogen) atoms. The van der Waals surface area contributed by atoms with E-state index in [1.807, 2.05) is 0 Å². The van der Waals surface area contributed by atoms with Crippen LogP contribution in [-0.4, -0.2) is 23.7 Å². The van der Waals surface area contributed by atoms with Gasteiger partial charge in [0, 0.05) is 12.2 Å². The number of pyridine rings is 1. The van der Waals surface area contributed by atoms with Crippen LogP contribution in [0.15, 0.2) is 46.0 Å². The van der Waals surface area contributed by atoms with E-state index in [0.29, 0.717) is 5.76 Å². The highest BCUT2D eigenvalue weighted by Crippen LogP contribution is 2.33. The van der Waals surface area contributed by atoms with E-state index in [1.54, 1.807) is 12.1 Å². The Balaban J connectivity index is 1.91. The number of rotatable bonds is 5. The number of sulfonamides is 1. The lowest BCUT2D eigenvalue weighted by molar-refractivity contribution is 0.356. The third-order valence-electron chi connectivity index (χ3n) is 3.15. The molecule has 0 aliphatic heterocycles. The summed E-state index contributed by atoms with van der Waals surface area (Å²) in [5.74, 6) is 0.627. The van der Waals surface area contributed by atoms with Gasteiger partial charge in [-0.1, -0.05) is 11.6 Å². The van der Waals surface area contributed by atoms with Gasteiger partial charge in [0.2, 0.25) is 10.0 Å². The van der Waals surface area contributed by atoms with E-state index in [9.17, 15) is 8.42 Å². The fourth-order valence-corrected chi connectivity index (χ4v) is 3.69. The van der Waals surface area contributed by atoms with Crippen LogP contribution in [0.2, 0.25) is 5.15 Å². The van der Waals surface area contributed by atoms with E-state index >= 15 is 0 Å². The molecule has 7 heteroatoms. The molecule has 0 unspecified atom stereocenters. The Hall–Kier alpha value is -1.37. The zero-order valence-electron chi connectivity index (χ0n) is 10.6. The molecule has 2 aromatic heterocycles. The Bertz CT molecular complexity index is 679. The first-order valence-corrected chi connectivity index (χ1v) is 8.05. The lowest BCUT2D eigenvalue weighted by Gasteiger charge is -2.20. The maximum atomic E-state index is 12.7. The SMILES string of the molecule is O=S(=O)(c1ccc(Cl)nc1)N(Cc1ccco1)C1CC1. The first-order chi connectivity index (χ1) is 9.57. The summed E-state index contributed by atoms with van der Waals surface area (Å²) in [6.07, 6.45) is 4.58. The molecule has 1 aliphatic carbocycles. The number of furan rings is 1. The molecule has 2 heterocycles. The van der Waals surface area contributed by atoms with Crippen molar-refractivity contribution in [3.05, 3.63) is 47.6 Å². The normalized spacial score (nSPS) is 15.7. The Morgan fingerprint density at radius 1 is 1.35 bits per heavy atom. The van der Waals surface area contributed by atoms with Crippen molar-refractivity contribution >= 4 is 21.6 Å². The summed E-state index contributed by atoms with van der Waals surface area (Å²) in [4.78, 5) is 3.99. The molecule has 0 saturated heterocycles. The Labute approximate surface area is 122 Å². The van der Waals surface area contributed by atoms with E-state index in [4.69, 9.17) is 16.0 Å². The summed E-state index contributed by atoms with van der Waals surface area (Å²) in [6, 6.07) is 6.51. The van der Waals surface area contributed by atoms with Gasteiger partial charge in [-0.15, -0.1) is 0 Å². The molecule has 1 saturated carbocycles. The second-order valence-electron chi connectivity index (χ2n) is 4.68. The van der Waals surface area contributed by atoms with Gasteiger partial charge >= 0.3 is 0 Å². The van der Waals surface area contributed by atoms with Crippen LogP contribution in [0.5, 0.6) is 0 Å². The Morgan fingerprint density at radius 3 is 2.70 bits per heavy atom. The summed E-state index contributed by atoms with van der Waals surface area (Å²) in [5.41, 5.74) is 0. The van der Waals surface area contributed by atoms with Gasteiger partial charge in [0.25, 0.3) is 0 Å². The molecule has 0 N–H and O–H groups in total. The second-order valence-corrected chi connectivity index (χ2v) is 6.96. The van der Waals surface area contributed by atoms with E-state index < -0.39 is 10.0 Å². The molecule has 1 aliphatic rings. The van der Waals surface area contributed by atoms with Crippen molar-refractivity contribution in [2.24, 2.45) is 0 Å². The van der Waals surface area contributed by atoms with Gasteiger partial charge in [-0.25, -0.2) is 13.4 Å². The molecule has 0 bridgehead atoms. The minimum Gasteiger partial charge on any atom is -0.468 e. The van der Waals surface area contributed by atoms with E-state index in [2.05, 4.69) is 4.98 Å². The van der Waals surface area contributed by atoms with Gasteiger partial charge < -0.3 is 4.42 Å². The highest BCUT2D eigenvalue weighted by Gasteiger charge is 2.38. The summed E-state index contributed by atoms with van der Waals surface area (Å²) >= 11 is 5.70. The van der Waals surface area contributed by atoms with Crippen LogP contribution in [0.4, 0.5) is 0 Å². The highest BCUT2D eigenvalue weighted by atomic mass is 35.5. The van der Waals surface area contributed by atoms with Gasteiger partial charge in [-0.2, -0.15) is 4.31 Å². The van der Waals surface area contributed by atoms with Crippen molar-refractivity contribution < 1.29 is 12.8 Å². The number of aromatic nitrogens is 1. The average Bonchev–Trinajstić information content (AvgIpc) is 3.12. The molecule has 0 amide bonds. The van der Waals surface area contributed by atoms with Gasteiger partial charge in [-0.3, -0.25) is 0 Å². The second kappa shape index (κ2) is 5.20. The number of hydrogen-bond acceptors (Lipinski definition) is 4. The summed E-state index contributed by atoms with van der Waals surface area (Å²) in [7, 11) is -3.58. The van der Waals surface area contributed by atoms with Crippen LogP contribution in [0, 0.1) is 0 Å². The van der Waals surface area contributed by atoms with Crippen LogP contribution in [-0.2, 0) is 16.6 Å². The summed E-state index contributed by atoms with van der Waals surface area (Å²) in [6.45, 7) is 0.239. The van der Waals surface area contributed by atoms with Crippen molar-refractivity contribution in [3.63, 3.8) is 0 Å². The lowest BCUT2D eigenvalue weighted by Crippen LogP contribution is -2.32. The third-order valence-corrected chi connectivity index (χ3v) is 5.26. The molecule has 0 spiro atoms. The van der Waals surface area contributed by atoms with Crippen molar-refractivity contribution in [2.45, 2.75) is 30.3 Å². The first kappa shape index (κ1) is 13.6. The fourth-order valence-electron chi connectivity index (χ4n) is 1.98. The van der Waals surface area contributed by atoms with E-state index in [0.717, 1.165) is 12.8 Å². The maximum Gasteiger partial charge on any atom is 0.245 e. The molecular weight excluding hydrogens is 300 g/mol. The summed E-state index contributed by atoms with van der Waals surface area (Å²) in [5, 5.41) is 0.271. The van der Waals surface area contributed by atoms with Crippen LogP contribution in [0.3, 0.4) is 0 Å². The van der Waals surface area contributed by atoms with Gasteiger partial charge in [0.15, 0.2) is 0 Å². The van der Waals surface area contributed by atoms with E-state index in [1.165, 1.54) is 28.9 Å². The molecular formula is C13H13ClN2O3S. The Kier molecular flexibility index (Phi) is 3.54. The lowest BCUT2D eigenvalue weighted by atomic mass is 10.4. The maximum absolute atomic E-state index is 12.7. The van der Waals surface area contributed by atoms with Crippen molar-refractivity contribution in [3.8, 4) is 0 Å². The van der Waals surface area contributed by atoms with Crippen LogP contribution in [0.25, 0.3) is 0 Å². The molecule has 2 aromatic rings. The smallest absolute Gasteiger partial charge is 0.245 e. The topological polar surface area (TPSA) is 63.4 Å². The quantitative estimate of drug-likeness (QED) is 0.796. The average molecular weight is 313 g/mol. The molecule has 106 valence electrons. The van der Waals surface area contributed by atoms with Crippen molar-refractivity contribution in [1.29, 1.82) is 0 Å². The fraction of sp³-hybridized carbons (Fsp3) is 0.308. The molecule has 5 nitrogen and oxygen atoms in total. The number of halogens is 1. The van der Waals surface area contributed by atoms with Crippen LogP contribution >= 0.6 is 11.6 Å². The largest absolute Gasteiger partial charge is 0.468 e. The third kappa shape index (κ3) is 2.72. The zero-order chi connectivity index (χ0) is 14.2. The van der Waals surface area contributed by atoms with Crippen molar-refractivity contribution in [1.82, 2.24) is 9.29 Å². The standard InChI is InChI=1S/C13H13ClN2O3S/c14-13-6-5-12(8-15-13)20(17,18)16(10-3-4-10)9-11-2-1-7-19-11/h1-2,5-8,10H,3-4,9H2. The minimum absolute atomic E-state index is 0.0424. The number of nitrogens with zero attached hydrogens (tertiary/aromatic N) is 2. The van der Waals surface area contributed by atoms with Crippen LogP contribution in [0.1, 0.15) is 18.6 Å². The molecule has 0 atom stereocenters. The van der Waals surface area contributed by atoms with Gasteiger partial charge in [0.1, 0.15) is 15.8 Å². The molecule has 0 radical (unpaired) electrons. The van der Waals surface area contributed by atoms with Crippen LogP contribution < -0.4 is 0 Å². The van der Waals surface area contributed by atoms with Gasteiger partial charge in [-0.05, 0) is 37.1 Å². The minimum atomic E-state index is -3.58. The molecule has 3 rings (SSSR count). The number of hydrogen-bond donors (Lipinski definition) is 0. The van der Waals surface area contributed by atoms with Crippen molar-refractivity contribution in [2.75, 3.05) is 0 Å². The first-order valence-electron chi connectivity index (χ1n) is 6.23. The predicted molar refractivity (Wildman–Crippen MR) is 73.7 cm³/mol. The molecule has 0 aromatic carbocycles. The van der Waals surface area contributed by atoms with E-state index in [-0.39, 0.29) is 22.6 Å². The van der Waals surface area contributed by atoms with Gasteiger partial charge in [0.05, 0.1) is 12.8 Å².